The molecule has 84 valence electrons. The first-order chi connectivity index (χ1) is 6.40. The van der Waals surface area contributed by atoms with Gasteiger partial charge in [0.2, 0.25) is 10.0 Å². The summed E-state index contributed by atoms with van der Waals surface area (Å²) >= 11 is 0. The van der Waals surface area contributed by atoms with Crippen LogP contribution in [0.4, 0.5) is 0 Å². The van der Waals surface area contributed by atoms with Gasteiger partial charge in [-0.1, -0.05) is 0 Å². The van der Waals surface area contributed by atoms with Crippen molar-refractivity contribution in [2.45, 2.75) is 6.42 Å². The number of aliphatic carboxylic acids is 1. The van der Waals surface area contributed by atoms with Crippen LogP contribution in [0.5, 0.6) is 0 Å². The highest BCUT2D eigenvalue weighted by molar-refractivity contribution is 7.89. The van der Waals surface area contributed by atoms with Crippen molar-refractivity contribution in [1.29, 1.82) is 0 Å². The summed E-state index contributed by atoms with van der Waals surface area (Å²) in [5, 5.41) is 11.2. The lowest BCUT2D eigenvalue weighted by Gasteiger charge is -2.15. The molecule has 0 amide bonds. The van der Waals surface area contributed by atoms with Gasteiger partial charge in [-0.2, -0.15) is 0 Å². The Bertz CT molecular complexity index is 275. The lowest BCUT2D eigenvalue weighted by molar-refractivity contribution is -0.136. The molecule has 6 nitrogen and oxygen atoms in total. The average Bonchev–Trinajstić information content (AvgIpc) is 2.11. The third kappa shape index (κ3) is 5.15. The highest BCUT2D eigenvalue weighted by Gasteiger charge is 2.18. The summed E-state index contributed by atoms with van der Waals surface area (Å²) in [5.74, 6) is -1.45. The van der Waals surface area contributed by atoms with E-state index in [1.165, 1.54) is 7.05 Å². The number of carboxylic acid groups (broad SMARTS) is 1. The number of carbonyl (C=O) groups is 1. The second-order valence-electron chi connectivity index (χ2n) is 2.88. The van der Waals surface area contributed by atoms with Crippen molar-refractivity contribution >= 4 is 16.0 Å². The Hall–Kier alpha value is -0.660. The minimum absolute atomic E-state index is 0.345. The van der Waals surface area contributed by atoms with Crippen LogP contribution in [0.3, 0.4) is 0 Å². The van der Waals surface area contributed by atoms with E-state index < -0.39 is 16.0 Å². The summed E-state index contributed by atoms with van der Waals surface area (Å²) in [6.45, 7) is 0.890. The molecule has 0 aromatic rings. The molecule has 0 unspecified atom stereocenters. The van der Waals surface area contributed by atoms with Gasteiger partial charge in [-0.05, 0) is 7.05 Å². The lowest BCUT2D eigenvalue weighted by Crippen LogP contribution is -2.34. The molecule has 0 atom stereocenters. The van der Waals surface area contributed by atoms with Crippen molar-refractivity contribution < 1.29 is 18.3 Å². The third-order valence-corrected chi connectivity index (χ3v) is 3.58. The Morgan fingerprint density at radius 2 is 2.07 bits per heavy atom. The molecule has 0 saturated carbocycles. The summed E-state index contributed by atoms with van der Waals surface area (Å²) in [6.07, 6.45) is -0.355. The summed E-state index contributed by atoms with van der Waals surface area (Å²) in [6, 6.07) is 0. The number of nitrogens with zero attached hydrogens (tertiary/aromatic N) is 1. The summed E-state index contributed by atoms with van der Waals surface area (Å²) in [7, 11) is -0.256. The lowest BCUT2D eigenvalue weighted by atomic mass is 10.5. The number of sulfonamides is 1. The summed E-state index contributed by atoms with van der Waals surface area (Å²) < 4.78 is 23.9. The molecular weight excluding hydrogens is 208 g/mol. The number of hydrogen-bond acceptors (Lipinski definition) is 4. The summed E-state index contributed by atoms with van der Waals surface area (Å²) in [4.78, 5) is 10.2. The van der Waals surface area contributed by atoms with Crippen LogP contribution in [0, 0.1) is 0 Å². The highest BCUT2D eigenvalue weighted by atomic mass is 32.2. The number of rotatable bonds is 7. The van der Waals surface area contributed by atoms with Gasteiger partial charge in [-0.25, -0.2) is 12.7 Å². The molecule has 0 aliphatic heterocycles. The Balaban J connectivity index is 4.10. The largest absolute Gasteiger partial charge is 0.481 e. The third-order valence-electron chi connectivity index (χ3n) is 1.73. The minimum Gasteiger partial charge on any atom is -0.481 e. The van der Waals surface area contributed by atoms with Crippen LogP contribution in [0.15, 0.2) is 0 Å². The molecule has 0 saturated heterocycles. The smallest absolute Gasteiger partial charge is 0.304 e. The first kappa shape index (κ1) is 13.3. The first-order valence-corrected chi connectivity index (χ1v) is 5.81. The van der Waals surface area contributed by atoms with Crippen LogP contribution in [-0.2, 0) is 14.8 Å². The molecule has 0 spiro atoms. The maximum absolute atomic E-state index is 11.4. The molecule has 0 aliphatic rings. The zero-order valence-electron chi connectivity index (χ0n) is 8.36. The van der Waals surface area contributed by atoms with Crippen LogP contribution < -0.4 is 5.32 Å². The molecule has 0 radical (unpaired) electrons. The van der Waals surface area contributed by atoms with Crippen molar-refractivity contribution in [2.24, 2.45) is 0 Å². The van der Waals surface area contributed by atoms with Gasteiger partial charge < -0.3 is 10.4 Å². The van der Waals surface area contributed by atoms with Crippen molar-refractivity contribution in [3.8, 4) is 0 Å². The number of hydrogen-bond donors (Lipinski definition) is 2. The van der Waals surface area contributed by atoms with Gasteiger partial charge in [0.1, 0.15) is 0 Å². The maximum Gasteiger partial charge on any atom is 0.304 e. The van der Waals surface area contributed by atoms with Gasteiger partial charge in [-0.3, -0.25) is 4.79 Å². The minimum atomic E-state index is -3.42. The fourth-order valence-electron chi connectivity index (χ4n) is 0.780. The van der Waals surface area contributed by atoms with Gasteiger partial charge in [0, 0.05) is 20.1 Å². The second-order valence-corrected chi connectivity index (χ2v) is 5.08. The van der Waals surface area contributed by atoms with Crippen LogP contribution >= 0.6 is 0 Å². The van der Waals surface area contributed by atoms with Crippen LogP contribution in [0.1, 0.15) is 6.42 Å². The number of likely N-dealkylation sites (N-methyl/N-ethyl adjacent to an activating group) is 2. The van der Waals surface area contributed by atoms with Gasteiger partial charge in [0.25, 0.3) is 0 Å². The van der Waals surface area contributed by atoms with E-state index >= 15 is 0 Å². The van der Waals surface area contributed by atoms with Crippen molar-refractivity contribution in [3.63, 3.8) is 0 Å². The normalized spacial score (nSPS) is 11.9. The van der Waals surface area contributed by atoms with Crippen LogP contribution in [-0.4, -0.2) is 56.7 Å². The zero-order chi connectivity index (χ0) is 11.2. The van der Waals surface area contributed by atoms with Crippen molar-refractivity contribution in [3.05, 3.63) is 0 Å². The fraction of sp³-hybridized carbons (Fsp3) is 0.857. The predicted octanol–water partition coefficient (Wildman–Crippen LogP) is -1.06. The van der Waals surface area contributed by atoms with Gasteiger partial charge >= 0.3 is 5.97 Å². The van der Waals surface area contributed by atoms with E-state index in [-0.39, 0.29) is 12.2 Å². The fourth-order valence-corrected chi connectivity index (χ4v) is 1.89. The molecule has 0 fully saturated rings. The van der Waals surface area contributed by atoms with E-state index in [2.05, 4.69) is 5.32 Å². The van der Waals surface area contributed by atoms with Gasteiger partial charge in [0.05, 0.1) is 12.2 Å². The molecule has 0 heterocycles. The predicted molar refractivity (Wildman–Crippen MR) is 52.6 cm³/mol. The average molecular weight is 224 g/mol. The summed E-state index contributed by atoms with van der Waals surface area (Å²) in [5.41, 5.74) is 0. The monoisotopic (exact) mass is 224 g/mol. The number of nitrogens with one attached hydrogen (secondary N) is 1. The Kier molecular flexibility index (Phi) is 5.66. The molecule has 0 aromatic carbocycles. The molecule has 0 bridgehead atoms. The van der Waals surface area contributed by atoms with Crippen molar-refractivity contribution in [1.82, 2.24) is 9.62 Å². The maximum atomic E-state index is 11.4. The number of carboxylic acids is 1. The van der Waals surface area contributed by atoms with E-state index in [9.17, 15) is 13.2 Å². The Morgan fingerprint density at radius 3 is 2.50 bits per heavy atom. The Morgan fingerprint density at radius 1 is 1.50 bits per heavy atom. The Labute approximate surface area is 84.0 Å². The van der Waals surface area contributed by atoms with E-state index in [0.29, 0.717) is 13.1 Å². The van der Waals surface area contributed by atoms with Gasteiger partial charge in [-0.15, -0.1) is 0 Å². The van der Waals surface area contributed by atoms with Gasteiger partial charge in [0.15, 0.2) is 0 Å². The molecule has 7 heteroatoms. The topological polar surface area (TPSA) is 86.7 Å². The second kappa shape index (κ2) is 5.94. The van der Waals surface area contributed by atoms with E-state index in [4.69, 9.17) is 5.11 Å². The molecule has 14 heavy (non-hydrogen) atoms. The van der Waals surface area contributed by atoms with Crippen molar-refractivity contribution in [2.75, 3.05) is 32.9 Å². The standard InChI is InChI=1S/C7H16N2O4S/c1-8-4-5-9(2)14(12,13)6-3-7(10)11/h8H,3-6H2,1-2H3,(H,10,11). The van der Waals surface area contributed by atoms with E-state index in [0.717, 1.165) is 4.31 Å². The van der Waals surface area contributed by atoms with Crippen LogP contribution in [0.2, 0.25) is 0 Å². The molecule has 2 N–H and O–H groups in total. The van der Waals surface area contributed by atoms with E-state index in [1.807, 2.05) is 0 Å². The molecule has 0 aromatic heterocycles. The SMILES string of the molecule is CNCCN(C)S(=O)(=O)CCC(=O)O. The first-order valence-electron chi connectivity index (χ1n) is 4.20. The highest BCUT2D eigenvalue weighted by Crippen LogP contribution is 1.99. The molecular formula is C7H16N2O4S. The van der Waals surface area contributed by atoms with E-state index in [1.54, 1.807) is 7.05 Å². The molecule has 0 rings (SSSR count). The zero-order valence-corrected chi connectivity index (χ0v) is 9.17. The molecule has 0 aliphatic carbocycles. The quantitative estimate of drug-likeness (QED) is 0.576. The van der Waals surface area contributed by atoms with Crippen LogP contribution in [0.25, 0.3) is 0 Å².